The van der Waals surface area contributed by atoms with E-state index in [-0.39, 0.29) is 5.91 Å². The fraction of sp³-hybridized carbons (Fsp3) is 0.500. The zero-order valence-electron chi connectivity index (χ0n) is 15.9. The number of rotatable bonds is 4. The van der Waals surface area contributed by atoms with Crippen molar-refractivity contribution < 1.29 is 4.79 Å². The maximum atomic E-state index is 12.6. The van der Waals surface area contributed by atoms with Gasteiger partial charge in [-0.2, -0.15) is 19.7 Å². The highest BCUT2D eigenvalue weighted by molar-refractivity contribution is 5.76. The van der Waals surface area contributed by atoms with Gasteiger partial charge in [0.05, 0.1) is 5.69 Å². The molecule has 0 atom stereocenters. The number of nitrogens with one attached hydrogen (secondary N) is 1. The number of aryl methyl sites for hydroxylation is 3. The van der Waals surface area contributed by atoms with E-state index in [1.54, 1.807) is 4.52 Å². The van der Waals surface area contributed by atoms with Crippen molar-refractivity contribution in [1.29, 1.82) is 0 Å². The Morgan fingerprint density at radius 2 is 1.96 bits per heavy atom. The van der Waals surface area contributed by atoms with E-state index in [0.717, 1.165) is 41.6 Å². The number of aromatic amines is 1. The van der Waals surface area contributed by atoms with Crippen molar-refractivity contribution in [2.24, 2.45) is 0 Å². The lowest BCUT2D eigenvalue weighted by molar-refractivity contribution is -0.131. The first kappa shape index (κ1) is 17.4. The average molecular weight is 368 g/mol. The second kappa shape index (κ2) is 6.98. The first-order valence-electron chi connectivity index (χ1n) is 9.23. The number of fused-ring (bicyclic) bond motifs is 1. The standard InChI is InChI=1S/C18H24N8O/c1-12-10-16(26-18(21-12)19-11-20-26)24-6-8-25(9-7-24)17(27)5-4-15-13(2)14(3)22-23-15/h10-11H,4-9H2,1-3H3,(H,22,23). The van der Waals surface area contributed by atoms with Gasteiger partial charge in [-0.25, -0.2) is 4.98 Å². The molecule has 1 saturated heterocycles. The molecule has 142 valence electrons. The smallest absolute Gasteiger partial charge is 0.254 e. The Balaban J connectivity index is 1.37. The Bertz CT molecular complexity index is 967. The van der Waals surface area contributed by atoms with Crippen LogP contribution in [0.15, 0.2) is 12.4 Å². The van der Waals surface area contributed by atoms with Crippen molar-refractivity contribution in [3.63, 3.8) is 0 Å². The molecule has 0 spiro atoms. The van der Waals surface area contributed by atoms with Crippen LogP contribution in [0, 0.1) is 20.8 Å². The lowest BCUT2D eigenvalue weighted by atomic mass is 10.1. The highest BCUT2D eigenvalue weighted by Crippen LogP contribution is 2.18. The Kier molecular flexibility index (Phi) is 4.51. The molecule has 1 fully saturated rings. The lowest BCUT2D eigenvalue weighted by Crippen LogP contribution is -2.49. The van der Waals surface area contributed by atoms with Gasteiger partial charge in [-0.1, -0.05) is 0 Å². The zero-order chi connectivity index (χ0) is 19.0. The van der Waals surface area contributed by atoms with Crippen molar-refractivity contribution >= 4 is 17.5 Å². The van der Waals surface area contributed by atoms with Gasteiger partial charge in [0.15, 0.2) is 0 Å². The number of nitrogens with zero attached hydrogens (tertiary/aromatic N) is 7. The van der Waals surface area contributed by atoms with Gasteiger partial charge in [0.2, 0.25) is 5.91 Å². The second-order valence-electron chi connectivity index (χ2n) is 7.02. The highest BCUT2D eigenvalue weighted by atomic mass is 16.2. The van der Waals surface area contributed by atoms with E-state index in [1.807, 2.05) is 31.7 Å². The Hall–Kier alpha value is -2.97. The summed E-state index contributed by atoms with van der Waals surface area (Å²) in [7, 11) is 0. The summed E-state index contributed by atoms with van der Waals surface area (Å²) >= 11 is 0. The van der Waals surface area contributed by atoms with E-state index < -0.39 is 0 Å². The largest absolute Gasteiger partial charge is 0.353 e. The first-order chi connectivity index (χ1) is 13.0. The van der Waals surface area contributed by atoms with E-state index in [4.69, 9.17) is 0 Å². The SMILES string of the molecule is Cc1cc(N2CCN(C(=O)CCc3n[nH]c(C)c3C)CC2)n2ncnc2n1. The monoisotopic (exact) mass is 368 g/mol. The number of amides is 1. The summed E-state index contributed by atoms with van der Waals surface area (Å²) in [5.41, 5.74) is 4.12. The molecule has 0 unspecified atom stereocenters. The van der Waals surface area contributed by atoms with Gasteiger partial charge in [0.1, 0.15) is 12.1 Å². The van der Waals surface area contributed by atoms with Crippen LogP contribution in [0.4, 0.5) is 5.82 Å². The molecular weight excluding hydrogens is 344 g/mol. The quantitative estimate of drug-likeness (QED) is 0.740. The average Bonchev–Trinajstić information content (AvgIpc) is 3.26. The highest BCUT2D eigenvalue weighted by Gasteiger charge is 2.23. The Morgan fingerprint density at radius 3 is 2.67 bits per heavy atom. The molecule has 0 radical (unpaired) electrons. The van der Waals surface area contributed by atoms with Crippen molar-refractivity contribution in [2.75, 3.05) is 31.1 Å². The molecule has 4 rings (SSSR count). The fourth-order valence-electron chi connectivity index (χ4n) is 3.48. The van der Waals surface area contributed by atoms with Gasteiger partial charge >= 0.3 is 0 Å². The third-order valence-electron chi connectivity index (χ3n) is 5.25. The van der Waals surface area contributed by atoms with Crippen LogP contribution < -0.4 is 4.90 Å². The maximum Gasteiger partial charge on any atom is 0.254 e. The molecule has 1 aliphatic rings. The Labute approximate surface area is 157 Å². The van der Waals surface area contributed by atoms with E-state index in [2.05, 4.69) is 30.2 Å². The number of aromatic nitrogens is 6. The number of piperazine rings is 1. The molecule has 0 aromatic carbocycles. The van der Waals surface area contributed by atoms with Crippen molar-refractivity contribution in [2.45, 2.75) is 33.6 Å². The predicted octanol–water partition coefficient (Wildman–Crippen LogP) is 1.05. The zero-order valence-corrected chi connectivity index (χ0v) is 15.9. The molecule has 9 heteroatoms. The summed E-state index contributed by atoms with van der Waals surface area (Å²) in [4.78, 5) is 25.3. The van der Waals surface area contributed by atoms with E-state index in [1.165, 1.54) is 6.33 Å². The predicted molar refractivity (Wildman–Crippen MR) is 101 cm³/mol. The summed E-state index contributed by atoms with van der Waals surface area (Å²) < 4.78 is 1.76. The van der Waals surface area contributed by atoms with Crippen molar-refractivity contribution in [3.05, 3.63) is 35.0 Å². The van der Waals surface area contributed by atoms with Gasteiger partial charge in [0, 0.05) is 56.5 Å². The number of H-pyrrole nitrogens is 1. The van der Waals surface area contributed by atoms with E-state index in [0.29, 0.717) is 31.7 Å². The van der Waals surface area contributed by atoms with Gasteiger partial charge in [0.25, 0.3) is 5.78 Å². The minimum atomic E-state index is 0.187. The van der Waals surface area contributed by atoms with Gasteiger partial charge in [-0.05, 0) is 26.3 Å². The van der Waals surface area contributed by atoms with Crippen LogP contribution in [-0.4, -0.2) is 66.8 Å². The van der Waals surface area contributed by atoms with Crippen LogP contribution in [0.1, 0.15) is 29.1 Å². The van der Waals surface area contributed by atoms with Crippen LogP contribution in [0.3, 0.4) is 0 Å². The van der Waals surface area contributed by atoms with Crippen LogP contribution in [0.2, 0.25) is 0 Å². The van der Waals surface area contributed by atoms with E-state index >= 15 is 0 Å². The summed E-state index contributed by atoms with van der Waals surface area (Å²) in [6.07, 6.45) is 2.69. The minimum absolute atomic E-state index is 0.187. The normalized spacial score (nSPS) is 14.9. The molecule has 9 nitrogen and oxygen atoms in total. The molecule has 0 aliphatic carbocycles. The van der Waals surface area contributed by atoms with Gasteiger partial charge < -0.3 is 9.80 Å². The molecule has 3 aromatic rings. The van der Waals surface area contributed by atoms with Gasteiger partial charge in [-0.3, -0.25) is 9.89 Å². The molecule has 0 bridgehead atoms. The minimum Gasteiger partial charge on any atom is -0.353 e. The molecule has 1 amide bonds. The van der Waals surface area contributed by atoms with Crippen LogP contribution >= 0.6 is 0 Å². The molecular formula is C18H24N8O. The first-order valence-corrected chi connectivity index (χ1v) is 9.23. The summed E-state index contributed by atoms with van der Waals surface area (Å²) in [6, 6.07) is 2.02. The molecule has 0 saturated carbocycles. The third kappa shape index (κ3) is 3.36. The number of anilines is 1. The number of carbonyl (C=O) groups excluding carboxylic acids is 1. The molecule has 1 aliphatic heterocycles. The second-order valence-corrected chi connectivity index (χ2v) is 7.02. The lowest BCUT2D eigenvalue weighted by Gasteiger charge is -2.36. The number of hydrogen-bond donors (Lipinski definition) is 1. The number of carbonyl (C=O) groups is 1. The van der Waals surface area contributed by atoms with Crippen LogP contribution in [0.5, 0.6) is 0 Å². The topological polar surface area (TPSA) is 95.3 Å². The fourth-order valence-corrected chi connectivity index (χ4v) is 3.48. The Morgan fingerprint density at radius 1 is 1.19 bits per heavy atom. The summed E-state index contributed by atoms with van der Waals surface area (Å²) in [6.45, 7) is 8.94. The third-order valence-corrected chi connectivity index (χ3v) is 5.25. The van der Waals surface area contributed by atoms with Crippen LogP contribution in [-0.2, 0) is 11.2 Å². The molecule has 3 aromatic heterocycles. The summed E-state index contributed by atoms with van der Waals surface area (Å²) in [5.74, 6) is 1.77. The maximum absolute atomic E-state index is 12.6. The van der Waals surface area contributed by atoms with Gasteiger partial charge in [-0.15, -0.1) is 0 Å². The summed E-state index contributed by atoms with van der Waals surface area (Å²) in [5, 5.41) is 11.5. The van der Waals surface area contributed by atoms with Crippen molar-refractivity contribution in [1.82, 2.24) is 34.7 Å². The molecule has 4 heterocycles. The van der Waals surface area contributed by atoms with Crippen molar-refractivity contribution in [3.8, 4) is 0 Å². The van der Waals surface area contributed by atoms with Crippen LogP contribution in [0.25, 0.3) is 5.78 Å². The molecule has 1 N–H and O–H groups in total. The molecule has 27 heavy (non-hydrogen) atoms. The number of hydrogen-bond acceptors (Lipinski definition) is 6. The van der Waals surface area contributed by atoms with E-state index in [9.17, 15) is 4.79 Å².